The average Bonchev–Trinajstić information content (AvgIpc) is 2.65. The van der Waals surface area contributed by atoms with E-state index in [0.29, 0.717) is 12.6 Å². The van der Waals surface area contributed by atoms with Crippen molar-refractivity contribution >= 4 is 23.1 Å². The second-order valence-corrected chi connectivity index (χ2v) is 6.36. The first-order valence-corrected chi connectivity index (χ1v) is 9.30. The molecular formula is C22H26N4O. The Kier molecular flexibility index (Phi) is 5.91. The van der Waals surface area contributed by atoms with Crippen LogP contribution in [-0.4, -0.2) is 16.6 Å². The van der Waals surface area contributed by atoms with Gasteiger partial charge in [0.05, 0.1) is 12.3 Å². The molecule has 0 saturated carbocycles. The van der Waals surface area contributed by atoms with E-state index in [2.05, 4.69) is 52.6 Å². The topological polar surface area (TPSA) is 59.1 Å². The van der Waals surface area contributed by atoms with Crippen molar-refractivity contribution in [3.05, 3.63) is 65.4 Å². The molecule has 0 radical (unpaired) electrons. The quantitative estimate of drug-likeness (QED) is 0.578. The van der Waals surface area contributed by atoms with Crippen molar-refractivity contribution in [2.75, 3.05) is 17.2 Å². The standard InChI is InChI=1S/C22H26N4O/c1-5-17-11-9-10-15(3)21(17)25-20-14-16(4)23-22(26-20)24-18-12-7-8-13-19(18)27-6-2/h7-14H,5-6H2,1-4H3,(H2,23,24,25,26). The monoisotopic (exact) mass is 362 g/mol. The highest BCUT2D eigenvalue weighted by molar-refractivity contribution is 5.67. The number of hydrogen-bond donors (Lipinski definition) is 2. The van der Waals surface area contributed by atoms with Crippen molar-refractivity contribution in [3.63, 3.8) is 0 Å². The number of anilines is 4. The smallest absolute Gasteiger partial charge is 0.229 e. The third-order valence-electron chi connectivity index (χ3n) is 4.28. The van der Waals surface area contributed by atoms with Crippen LogP contribution in [0.15, 0.2) is 48.5 Å². The number of aryl methyl sites for hydroxylation is 3. The summed E-state index contributed by atoms with van der Waals surface area (Å²) in [6.07, 6.45) is 0.959. The predicted molar refractivity (Wildman–Crippen MR) is 112 cm³/mol. The molecule has 5 nitrogen and oxygen atoms in total. The molecule has 3 aromatic rings. The Balaban J connectivity index is 1.90. The van der Waals surface area contributed by atoms with Crippen LogP contribution in [0.4, 0.5) is 23.1 Å². The lowest BCUT2D eigenvalue weighted by Crippen LogP contribution is -2.05. The summed E-state index contributed by atoms with van der Waals surface area (Å²) in [6.45, 7) is 8.80. The maximum Gasteiger partial charge on any atom is 0.229 e. The number of ether oxygens (including phenoxy) is 1. The molecule has 0 aliphatic heterocycles. The average molecular weight is 362 g/mol. The van der Waals surface area contributed by atoms with E-state index >= 15 is 0 Å². The molecule has 0 saturated heterocycles. The van der Waals surface area contributed by atoms with Gasteiger partial charge in [0.1, 0.15) is 11.6 Å². The molecule has 5 heteroatoms. The van der Waals surface area contributed by atoms with Crippen LogP contribution in [0.25, 0.3) is 0 Å². The van der Waals surface area contributed by atoms with Crippen LogP contribution < -0.4 is 15.4 Å². The minimum Gasteiger partial charge on any atom is -0.492 e. The van der Waals surface area contributed by atoms with E-state index < -0.39 is 0 Å². The first kappa shape index (κ1) is 18.7. The molecule has 0 atom stereocenters. The van der Waals surface area contributed by atoms with Gasteiger partial charge in [-0.2, -0.15) is 4.98 Å². The highest BCUT2D eigenvalue weighted by Gasteiger charge is 2.09. The van der Waals surface area contributed by atoms with Gasteiger partial charge in [-0.3, -0.25) is 0 Å². The summed E-state index contributed by atoms with van der Waals surface area (Å²) in [5.41, 5.74) is 5.31. The largest absolute Gasteiger partial charge is 0.492 e. The zero-order chi connectivity index (χ0) is 19.2. The van der Waals surface area contributed by atoms with E-state index in [1.807, 2.05) is 44.2 Å². The van der Waals surface area contributed by atoms with Crippen LogP contribution in [0.5, 0.6) is 5.75 Å². The van der Waals surface area contributed by atoms with Crippen LogP contribution in [-0.2, 0) is 6.42 Å². The number of nitrogens with one attached hydrogen (secondary N) is 2. The summed E-state index contributed by atoms with van der Waals surface area (Å²) in [5.74, 6) is 2.09. The summed E-state index contributed by atoms with van der Waals surface area (Å²) < 4.78 is 5.68. The third kappa shape index (κ3) is 4.56. The van der Waals surface area contributed by atoms with Gasteiger partial charge in [-0.15, -0.1) is 0 Å². The minimum atomic E-state index is 0.538. The second kappa shape index (κ2) is 8.54. The zero-order valence-electron chi connectivity index (χ0n) is 16.3. The Morgan fingerprint density at radius 3 is 2.52 bits per heavy atom. The molecule has 2 aromatic carbocycles. The summed E-state index contributed by atoms with van der Waals surface area (Å²) >= 11 is 0. The lowest BCUT2D eigenvalue weighted by atomic mass is 10.1. The van der Waals surface area contributed by atoms with Gasteiger partial charge in [0, 0.05) is 17.4 Å². The van der Waals surface area contributed by atoms with Gasteiger partial charge >= 0.3 is 0 Å². The van der Waals surface area contributed by atoms with Crippen molar-refractivity contribution < 1.29 is 4.74 Å². The first-order chi connectivity index (χ1) is 13.1. The van der Waals surface area contributed by atoms with E-state index in [1.54, 1.807) is 0 Å². The van der Waals surface area contributed by atoms with Crippen LogP contribution in [0.1, 0.15) is 30.7 Å². The van der Waals surface area contributed by atoms with Crippen molar-refractivity contribution in [3.8, 4) is 5.75 Å². The van der Waals surface area contributed by atoms with Crippen molar-refractivity contribution in [1.82, 2.24) is 9.97 Å². The Morgan fingerprint density at radius 1 is 0.926 bits per heavy atom. The van der Waals surface area contributed by atoms with Gasteiger partial charge in [-0.25, -0.2) is 4.98 Å². The molecule has 0 spiro atoms. The number of para-hydroxylation sites is 3. The molecular weight excluding hydrogens is 336 g/mol. The maximum atomic E-state index is 5.68. The Morgan fingerprint density at radius 2 is 1.74 bits per heavy atom. The summed E-state index contributed by atoms with van der Waals surface area (Å²) in [7, 11) is 0. The molecule has 1 aromatic heterocycles. The van der Waals surface area contributed by atoms with Gasteiger partial charge in [-0.05, 0) is 50.5 Å². The molecule has 0 aliphatic carbocycles. The highest BCUT2D eigenvalue weighted by atomic mass is 16.5. The normalized spacial score (nSPS) is 10.5. The van der Waals surface area contributed by atoms with Gasteiger partial charge in [0.25, 0.3) is 0 Å². The number of hydrogen-bond acceptors (Lipinski definition) is 5. The lowest BCUT2D eigenvalue weighted by molar-refractivity contribution is 0.342. The summed E-state index contributed by atoms with van der Waals surface area (Å²) in [6, 6.07) is 16.1. The fourth-order valence-electron chi connectivity index (χ4n) is 2.99. The second-order valence-electron chi connectivity index (χ2n) is 6.36. The van der Waals surface area contributed by atoms with E-state index in [1.165, 1.54) is 11.1 Å². The molecule has 0 unspecified atom stereocenters. The fraction of sp³-hybridized carbons (Fsp3) is 0.273. The minimum absolute atomic E-state index is 0.538. The predicted octanol–water partition coefficient (Wildman–Crippen LogP) is 5.54. The van der Waals surface area contributed by atoms with Crippen LogP contribution >= 0.6 is 0 Å². The highest BCUT2D eigenvalue weighted by Crippen LogP contribution is 2.28. The van der Waals surface area contributed by atoms with Crippen LogP contribution in [0.2, 0.25) is 0 Å². The maximum absolute atomic E-state index is 5.68. The van der Waals surface area contributed by atoms with Gasteiger partial charge < -0.3 is 15.4 Å². The van der Waals surface area contributed by atoms with E-state index in [0.717, 1.165) is 35.1 Å². The summed E-state index contributed by atoms with van der Waals surface area (Å²) in [5, 5.41) is 6.76. The molecule has 27 heavy (non-hydrogen) atoms. The molecule has 0 fully saturated rings. The van der Waals surface area contributed by atoms with Gasteiger partial charge in [0.2, 0.25) is 5.95 Å². The Hall–Kier alpha value is -3.08. The van der Waals surface area contributed by atoms with Gasteiger partial charge in [0.15, 0.2) is 0 Å². The van der Waals surface area contributed by atoms with E-state index in [4.69, 9.17) is 4.74 Å². The van der Waals surface area contributed by atoms with E-state index in [-0.39, 0.29) is 0 Å². The van der Waals surface area contributed by atoms with Crippen LogP contribution in [0, 0.1) is 13.8 Å². The molecule has 3 rings (SSSR count). The number of aromatic nitrogens is 2. The van der Waals surface area contributed by atoms with Gasteiger partial charge in [-0.1, -0.05) is 37.3 Å². The molecule has 0 aliphatic rings. The first-order valence-electron chi connectivity index (χ1n) is 9.30. The number of nitrogens with zero attached hydrogens (tertiary/aromatic N) is 2. The molecule has 0 amide bonds. The van der Waals surface area contributed by atoms with Crippen molar-refractivity contribution in [2.24, 2.45) is 0 Å². The number of benzene rings is 2. The molecule has 0 bridgehead atoms. The molecule has 140 valence electrons. The fourth-order valence-corrected chi connectivity index (χ4v) is 2.99. The van der Waals surface area contributed by atoms with E-state index in [9.17, 15) is 0 Å². The van der Waals surface area contributed by atoms with Crippen LogP contribution in [0.3, 0.4) is 0 Å². The van der Waals surface area contributed by atoms with Crippen molar-refractivity contribution in [2.45, 2.75) is 34.1 Å². The Labute approximate surface area is 160 Å². The summed E-state index contributed by atoms with van der Waals surface area (Å²) in [4.78, 5) is 9.17. The molecule has 2 N–H and O–H groups in total. The SMILES string of the molecule is CCOc1ccccc1Nc1nc(C)cc(Nc2c(C)cccc2CC)n1. The zero-order valence-corrected chi connectivity index (χ0v) is 16.3. The van der Waals surface area contributed by atoms with Crippen molar-refractivity contribution in [1.29, 1.82) is 0 Å². The number of rotatable bonds is 7. The third-order valence-corrected chi connectivity index (χ3v) is 4.28. The molecule has 1 heterocycles. The Bertz CT molecular complexity index is 924. The lowest BCUT2D eigenvalue weighted by Gasteiger charge is -2.15.